The second-order valence-corrected chi connectivity index (χ2v) is 5.89. The maximum atomic E-state index is 12.0. The van der Waals surface area contributed by atoms with E-state index in [2.05, 4.69) is 5.32 Å². The molecule has 4 nitrogen and oxygen atoms in total. The minimum atomic E-state index is -0.330. The number of hydrogen-bond donors (Lipinski definition) is 2. The molecular formula is C14H14ClNO3S. The summed E-state index contributed by atoms with van der Waals surface area (Å²) in [4.78, 5) is 13.1. The van der Waals surface area contributed by atoms with Gasteiger partial charge in [0.25, 0.3) is 5.91 Å². The van der Waals surface area contributed by atoms with Gasteiger partial charge in [-0.3, -0.25) is 4.79 Å². The number of benzene rings is 1. The van der Waals surface area contributed by atoms with E-state index in [-0.39, 0.29) is 17.2 Å². The molecule has 20 heavy (non-hydrogen) atoms. The number of amides is 1. The zero-order valence-electron chi connectivity index (χ0n) is 10.9. The molecule has 0 aliphatic heterocycles. The SMILES string of the molecule is COc1ccc(O)c(C(=O)NCCc2ccc(Cl)s2)c1. The molecule has 0 aliphatic rings. The van der Waals surface area contributed by atoms with Gasteiger partial charge in [0.2, 0.25) is 0 Å². The summed E-state index contributed by atoms with van der Waals surface area (Å²) >= 11 is 7.33. The third-order valence-corrected chi connectivity index (χ3v) is 4.03. The van der Waals surface area contributed by atoms with Crippen LogP contribution in [0.25, 0.3) is 0 Å². The number of nitrogens with one attached hydrogen (secondary N) is 1. The van der Waals surface area contributed by atoms with Gasteiger partial charge < -0.3 is 15.2 Å². The standard InChI is InChI=1S/C14H14ClNO3S/c1-19-9-2-4-12(17)11(8-9)14(18)16-7-6-10-3-5-13(15)20-10/h2-5,8,17H,6-7H2,1H3,(H,16,18). The quantitative estimate of drug-likeness (QED) is 0.892. The number of ether oxygens (including phenoxy) is 1. The van der Waals surface area contributed by atoms with Crippen molar-refractivity contribution in [1.82, 2.24) is 5.32 Å². The molecule has 2 aromatic rings. The summed E-state index contributed by atoms with van der Waals surface area (Å²) in [7, 11) is 1.51. The fraction of sp³-hybridized carbons (Fsp3) is 0.214. The smallest absolute Gasteiger partial charge is 0.255 e. The van der Waals surface area contributed by atoms with Crippen molar-refractivity contribution < 1.29 is 14.6 Å². The van der Waals surface area contributed by atoms with E-state index in [4.69, 9.17) is 16.3 Å². The molecule has 1 aromatic heterocycles. The first-order valence-corrected chi connectivity index (χ1v) is 7.19. The Morgan fingerprint density at radius 2 is 2.20 bits per heavy atom. The van der Waals surface area contributed by atoms with E-state index in [1.807, 2.05) is 12.1 Å². The highest BCUT2D eigenvalue weighted by molar-refractivity contribution is 7.16. The molecular weight excluding hydrogens is 298 g/mol. The summed E-state index contributed by atoms with van der Waals surface area (Å²) in [6.07, 6.45) is 0.702. The summed E-state index contributed by atoms with van der Waals surface area (Å²) in [5.41, 5.74) is 0.202. The molecule has 1 amide bonds. The zero-order valence-corrected chi connectivity index (χ0v) is 12.4. The molecule has 6 heteroatoms. The number of aromatic hydroxyl groups is 1. The van der Waals surface area contributed by atoms with Gasteiger partial charge in [-0.15, -0.1) is 11.3 Å². The van der Waals surface area contributed by atoms with Crippen molar-refractivity contribution in [3.8, 4) is 11.5 Å². The first-order valence-electron chi connectivity index (χ1n) is 5.99. The third-order valence-electron chi connectivity index (χ3n) is 2.73. The molecule has 2 rings (SSSR count). The molecule has 0 atom stereocenters. The predicted octanol–water partition coefficient (Wildman–Crippen LogP) is 3.09. The van der Waals surface area contributed by atoms with Gasteiger partial charge in [0.1, 0.15) is 11.5 Å². The van der Waals surface area contributed by atoms with Crippen molar-refractivity contribution in [1.29, 1.82) is 0 Å². The minimum Gasteiger partial charge on any atom is -0.507 e. The molecule has 0 radical (unpaired) electrons. The molecule has 0 unspecified atom stereocenters. The number of carbonyl (C=O) groups excluding carboxylic acids is 1. The Hall–Kier alpha value is -1.72. The van der Waals surface area contributed by atoms with Crippen LogP contribution in [0.3, 0.4) is 0 Å². The van der Waals surface area contributed by atoms with E-state index < -0.39 is 0 Å². The number of phenolic OH excluding ortho intramolecular Hbond substituents is 1. The molecule has 0 fully saturated rings. The molecule has 1 heterocycles. The van der Waals surface area contributed by atoms with Crippen LogP contribution in [0.2, 0.25) is 4.34 Å². The lowest BCUT2D eigenvalue weighted by Gasteiger charge is -2.08. The highest BCUT2D eigenvalue weighted by atomic mass is 35.5. The molecule has 0 aliphatic carbocycles. The predicted molar refractivity (Wildman–Crippen MR) is 80.0 cm³/mol. The zero-order chi connectivity index (χ0) is 14.5. The summed E-state index contributed by atoms with van der Waals surface area (Å²) in [5.74, 6) is 0.129. The van der Waals surface area contributed by atoms with Gasteiger partial charge in [-0.25, -0.2) is 0 Å². The van der Waals surface area contributed by atoms with Gasteiger partial charge in [0, 0.05) is 11.4 Å². The average Bonchev–Trinajstić information content (AvgIpc) is 2.85. The van der Waals surface area contributed by atoms with Crippen LogP contribution < -0.4 is 10.1 Å². The van der Waals surface area contributed by atoms with Gasteiger partial charge >= 0.3 is 0 Å². The van der Waals surface area contributed by atoms with E-state index >= 15 is 0 Å². The Bertz CT molecular complexity index is 612. The summed E-state index contributed by atoms with van der Waals surface area (Å²) in [6.45, 7) is 0.478. The molecule has 0 saturated carbocycles. The number of carbonyl (C=O) groups is 1. The monoisotopic (exact) mass is 311 g/mol. The minimum absolute atomic E-state index is 0.0672. The number of hydrogen-bond acceptors (Lipinski definition) is 4. The van der Waals surface area contributed by atoms with Crippen molar-refractivity contribution in [3.05, 3.63) is 45.1 Å². The van der Waals surface area contributed by atoms with Crippen molar-refractivity contribution in [2.24, 2.45) is 0 Å². The van der Waals surface area contributed by atoms with Crippen LogP contribution in [0.15, 0.2) is 30.3 Å². The van der Waals surface area contributed by atoms with E-state index in [9.17, 15) is 9.90 Å². The van der Waals surface area contributed by atoms with Gasteiger partial charge in [-0.05, 0) is 36.8 Å². The van der Waals surface area contributed by atoms with E-state index in [0.717, 1.165) is 9.21 Å². The second-order valence-electron chi connectivity index (χ2n) is 4.09. The fourth-order valence-corrected chi connectivity index (χ4v) is 2.79. The van der Waals surface area contributed by atoms with Crippen LogP contribution in [0.1, 0.15) is 15.2 Å². The van der Waals surface area contributed by atoms with Gasteiger partial charge in [0.05, 0.1) is 17.0 Å². The van der Waals surface area contributed by atoms with Crippen LogP contribution in [0.4, 0.5) is 0 Å². The normalized spacial score (nSPS) is 10.3. The summed E-state index contributed by atoms with van der Waals surface area (Å²) in [5, 5.41) is 12.4. The maximum Gasteiger partial charge on any atom is 0.255 e. The van der Waals surface area contributed by atoms with Crippen LogP contribution >= 0.6 is 22.9 Å². The van der Waals surface area contributed by atoms with Crippen LogP contribution in [-0.4, -0.2) is 24.7 Å². The first kappa shape index (κ1) is 14.7. The van der Waals surface area contributed by atoms with Gasteiger partial charge in [0.15, 0.2) is 0 Å². The summed E-state index contributed by atoms with van der Waals surface area (Å²) < 4.78 is 5.77. The third kappa shape index (κ3) is 3.65. The maximum absolute atomic E-state index is 12.0. The van der Waals surface area contributed by atoms with Crippen molar-refractivity contribution in [2.75, 3.05) is 13.7 Å². The number of phenols is 1. The Labute approximate surface area is 126 Å². The molecule has 0 bridgehead atoms. The highest BCUT2D eigenvalue weighted by Gasteiger charge is 2.12. The molecule has 0 spiro atoms. The van der Waals surface area contributed by atoms with Crippen LogP contribution in [0.5, 0.6) is 11.5 Å². The second kappa shape index (κ2) is 6.63. The van der Waals surface area contributed by atoms with Crippen LogP contribution in [0, 0.1) is 0 Å². The van der Waals surface area contributed by atoms with Crippen molar-refractivity contribution in [2.45, 2.75) is 6.42 Å². The number of methoxy groups -OCH3 is 1. The molecule has 1 aromatic carbocycles. The average molecular weight is 312 g/mol. The number of halogens is 1. The molecule has 2 N–H and O–H groups in total. The van der Waals surface area contributed by atoms with Crippen molar-refractivity contribution >= 4 is 28.8 Å². The lowest BCUT2D eigenvalue weighted by Crippen LogP contribution is -2.25. The van der Waals surface area contributed by atoms with Crippen LogP contribution in [-0.2, 0) is 6.42 Å². The van der Waals surface area contributed by atoms with Gasteiger partial charge in [-0.1, -0.05) is 11.6 Å². The van der Waals surface area contributed by atoms with Crippen molar-refractivity contribution in [3.63, 3.8) is 0 Å². The molecule has 106 valence electrons. The lowest BCUT2D eigenvalue weighted by molar-refractivity contribution is 0.0951. The largest absolute Gasteiger partial charge is 0.507 e. The Morgan fingerprint density at radius 1 is 1.40 bits per heavy atom. The van der Waals surface area contributed by atoms with E-state index in [0.29, 0.717) is 18.7 Å². The fourth-order valence-electron chi connectivity index (χ4n) is 1.70. The number of thiophene rings is 1. The van der Waals surface area contributed by atoms with E-state index in [1.165, 1.54) is 30.6 Å². The Morgan fingerprint density at radius 3 is 2.85 bits per heavy atom. The highest BCUT2D eigenvalue weighted by Crippen LogP contribution is 2.23. The Kier molecular flexibility index (Phi) is 4.87. The summed E-state index contributed by atoms with van der Waals surface area (Å²) in [6, 6.07) is 8.30. The Balaban J connectivity index is 1.94. The molecule has 0 saturated heterocycles. The van der Waals surface area contributed by atoms with Gasteiger partial charge in [-0.2, -0.15) is 0 Å². The number of rotatable bonds is 5. The van der Waals surface area contributed by atoms with E-state index in [1.54, 1.807) is 6.07 Å². The topological polar surface area (TPSA) is 58.6 Å². The lowest BCUT2D eigenvalue weighted by atomic mass is 10.1. The first-order chi connectivity index (χ1) is 9.60.